The maximum Gasteiger partial charge on any atom is 0.407 e. The van der Waals surface area contributed by atoms with Crippen LogP contribution in [0.15, 0.2) is 0 Å². The number of esters is 4. The lowest BCUT2D eigenvalue weighted by Gasteiger charge is -2.49. The number of nitrogens with one attached hydrogen (secondary N) is 1. The summed E-state index contributed by atoms with van der Waals surface area (Å²) < 4.78 is 45.5. The van der Waals surface area contributed by atoms with E-state index in [1.165, 1.54) is 21.0 Å². The topological polar surface area (TPSA) is 191 Å². The Hall–Kier alpha value is -3.01. The molecule has 0 saturated carbocycles. The van der Waals surface area contributed by atoms with Crippen LogP contribution in [0.4, 0.5) is 4.79 Å². The number of methoxy groups -OCH3 is 2. The average Bonchev–Trinajstić information content (AvgIpc) is 3.55. The fourth-order valence-corrected chi connectivity index (χ4v) is 6.64. The standard InChI is InChI=1S/C29H43NO14/c1-8-13(3)22(39-14(4)31)23-15-10-19(32)40-17(15)12-29(44-23,26(35)38-7)42-16(9-2)21(33)24-20-18(41-27(36)30-20)11-28(5,43-24)25(34)37-6/h13,15-18,20-24,33H,8-12H2,1-7H3,(H,30,36)/t13-,15-,16?,17-,18-,20-,21-,22-,23?,24?,28+,29-/m1/s1. The highest BCUT2D eigenvalue weighted by molar-refractivity contribution is 5.80. The second-order valence-electron chi connectivity index (χ2n) is 12.1. The number of carbonyl (C=O) groups is 5. The van der Waals surface area contributed by atoms with Crippen molar-refractivity contribution in [2.24, 2.45) is 11.8 Å². The van der Waals surface area contributed by atoms with Crippen LogP contribution >= 0.6 is 0 Å². The first-order valence-corrected chi connectivity index (χ1v) is 14.9. The van der Waals surface area contributed by atoms with E-state index in [9.17, 15) is 29.1 Å². The SMILES string of the molecule is CCC(O[C@]1(C(=O)OC)C[C@H]2OC(=O)C[C@H]2C([C@H](OC(C)=O)[C@H](C)CC)O1)[C@@H](O)C1O[C@](C)(C(=O)OC)C[C@H]2OC(=O)N[C@@H]12. The van der Waals surface area contributed by atoms with Crippen LogP contribution in [0.1, 0.15) is 66.7 Å². The lowest BCUT2D eigenvalue weighted by Crippen LogP contribution is -2.65. The molecule has 44 heavy (non-hydrogen) atoms. The van der Waals surface area contributed by atoms with E-state index < -0.39 is 96.0 Å². The van der Waals surface area contributed by atoms with Gasteiger partial charge in [0.2, 0.25) is 0 Å². The lowest BCUT2D eigenvalue weighted by atomic mass is 9.80. The van der Waals surface area contributed by atoms with Gasteiger partial charge in [-0.3, -0.25) is 9.59 Å². The Labute approximate surface area is 255 Å². The van der Waals surface area contributed by atoms with Crippen molar-refractivity contribution < 1.29 is 67.0 Å². The van der Waals surface area contributed by atoms with Crippen LogP contribution in [-0.2, 0) is 57.1 Å². The van der Waals surface area contributed by atoms with Gasteiger partial charge in [-0.05, 0) is 25.7 Å². The largest absolute Gasteiger partial charge is 0.467 e. The molecule has 4 heterocycles. The number of aliphatic hydroxyl groups excluding tert-OH is 1. The summed E-state index contributed by atoms with van der Waals surface area (Å²) in [5.41, 5.74) is -1.57. The van der Waals surface area contributed by atoms with Crippen molar-refractivity contribution in [3.8, 4) is 0 Å². The molecule has 2 N–H and O–H groups in total. The number of amides is 1. The van der Waals surface area contributed by atoms with Gasteiger partial charge >= 0.3 is 30.0 Å². The molecule has 0 aromatic carbocycles. The number of carbonyl (C=O) groups excluding carboxylic acids is 5. The van der Waals surface area contributed by atoms with E-state index in [1.54, 1.807) is 6.92 Å². The molecule has 0 radical (unpaired) electrons. The maximum atomic E-state index is 13.5. The molecule has 248 valence electrons. The van der Waals surface area contributed by atoms with E-state index in [1.807, 2.05) is 13.8 Å². The number of alkyl carbamates (subject to hydrolysis) is 1. The van der Waals surface area contributed by atoms with E-state index in [-0.39, 0.29) is 31.6 Å². The molecule has 15 nitrogen and oxygen atoms in total. The van der Waals surface area contributed by atoms with Crippen molar-refractivity contribution in [3.05, 3.63) is 0 Å². The molecule has 4 fully saturated rings. The predicted molar refractivity (Wildman–Crippen MR) is 146 cm³/mol. The quantitative estimate of drug-likeness (QED) is 0.242. The van der Waals surface area contributed by atoms with E-state index in [4.69, 9.17) is 37.9 Å². The summed E-state index contributed by atoms with van der Waals surface area (Å²) >= 11 is 0. The summed E-state index contributed by atoms with van der Waals surface area (Å²) in [6.45, 7) is 8.15. The Morgan fingerprint density at radius 1 is 1.00 bits per heavy atom. The number of hydrogen-bond acceptors (Lipinski definition) is 14. The van der Waals surface area contributed by atoms with Gasteiger partial charge in [-0.2, -0.15) is 0 Å². The predicted octanol–water partition coefficient (Wildman–Crippen LogP) is 0.908. The fraction of sp³-hybridized carbons (Fsp3) is 0.828. The van der Waals surface area contributed by atoms with E-state index in [0.717, 1.165) is 7.11 Å². The highest BCUT2D eigenvalue weighted by atomic mass is 16.7. The molecule has 3 unspecified atom stereocenters. The van der Waals surface area contributed by atoms with Gasteiger partial charge in [0.05, 0.1) is 39.2 Å². The third-order valence-corrected chi connectivity index (χ3v) is 9.07. The maximum absolute atomic E-state index is 13.5. The van der Waals surface area contributed by atoms with Crippen LogP contribution in [0.5, 0.6) is 0 Å². The Kier molecular flexibility index (Phi) is 10.1. The summed E-state index contributed by atoms with van der Waals surface area (Å²) in [5, 5.41) is 14.4. The van der Waals surface area contributed by atoms with Crippen LogP contribution in [0.25, 0.3) is 0 Å². The van der Waals surface area contributed by atoms with Crippen LogP contribution in [0, 0.1) is 11.8 Å². The lowest BCUT2D eigenvalue weighted by molar-refractivity contribution is -0.336. The third kappa shape index (κ3) is 6.37. The van der Waals surface area contributed by atoms with Crippen molar-refractivity contribution in [1.82, 2.24) is 5.32 Å². The minimum Gasteiger partial charge on any atom is -0.467 e. The molecular formula is C29H43NO14. The number of hydrogen-bond donors (Lipinski definition) is 2. The fourth-order valence-electron chi connectivity index (χ4n) is 6.64. The zero-order chi connectivity index (χ0) is 32.6. The first kappa shape index (κ1) is 33.9. The van der Waals surface area contributed by atoms with Gasteiger partial charge in [0.25, 0.3) is 5.79 Å². The minimum absolute atomic E-state index is 0.0224. The second kappa shape index (κ2) is 13.2. The van der Waals surface area contributed by atoms with Crippen LogP contribution in [0.3, 0.4) is 0 Å². The van der Waals surface area contributed by atoms with Crippen molar-refractivity contribution in [2.75, 3.05) is 14.2 Å². The van der Waals surface area contributed by atoms with Gasteiger partial charge in [-0.15, -0.1) is 0 Å². The summed E-state index contributed by atoms with van der Waals surface area (Å²) in [6, 6.07) is -0.860. The van der Waals surface area contributed by atoms with Crippen LogP contribution in [-0.4, -0.2) is 109 Å². The highest BCUT2D eigenvalue weighted by Gasteiger charge is 2.62. The Bertz CT molecular complexity index is 1130. The molecule has 15 heteroatoms. The average molecular weight is 630 g/mol. The van der Waals surface area contributed by atoms with Gasteiger partial charge in [0.15, 0.2) is 5.60 Å². The zero-order valence-electron chi connectivity index (χ0n) is 26.1. The van der Waals surface area contributed by atoms with Gasteiger partial charge < -0.3 is 48.3 Å². The Morgan fingerprint density at radius 2 is 1.68 bits per heavy atom. The smallest absolute Gasteiger partial charge is 0.407 e. The van der Waals surface area contributed by atoms with Gasteiger partial charge in [0.1, 0.15) is 36.6 Å². The molecule has 4 aliphatic heterocycles. The van der Waals surface area contributed by atoms with Gasteiger partial charge in [0, 0.05) is 19.3 Å². The molecule has 0 spiro atoms. The summed E-state index contributed by atoms with van der Waals surface area (Å²) in [7, 11) is 2.32. The third-order valence-electron chi connectivity index (χ3n) is 9.07. The number of aliphatic hydroxyl groups is 1. The van der Waals surface area contributed by atoms with E-state index in [0.29, 0.717) is 6.42 Å². The number of fused-ring (bicyclic) bond motifs is 2. The zero-order valence-corrected chi connectivity index (χ0v) is 26.1. The van der Waals surface area contributed by atoms with Gasteiger partial charge in [-0.25, -0.2) is 14.4 Å². The molecule has 0 bridgehead atoms. The first-order chi connectivity index (χ1) is 20.7. The minimum atomic E-state index is -2.20. The molecule has 4 aliphatic rings. The van der Waals surface area contributed by atoms with Crippen molar-refractivity contribution in [2.45, 2.75) is 127 Å². The summed E-state index contributed by atoms with van der Waals surface area (Å²) in [5.74, 6) is -5.76. The monoisotopic (exact) mass is 629 g/mol. The van der Waals surface area contributed by atoms with E-state index in [2.05, 4.69) is 5.32 Å². The normalized spacial score (nSPS) is 37.2. The Balaban J connectivity index is 1.70. The molecule has 12 atom stereocenters. The molecule has 0 aromatic heterocycles. The molecule has 4 saturated heterocycles. The first-order valence-electron chi connectivity index (χ1n) is 14.9. The Morgan fingerprint density at radius 3 is 2.27 bits per heavy atom. The van der Waals surface area contributed by atoms with Crippen molar-refractivity contribution >= 4 is 30.0 Å². The molecule has 1 amide bonds. The second-order valence-corrected chi connectivity index (χ2v) is 12.1. The van der Waals surface area contributed by atoms with Crippen molar-refractivity contribution in [1.29, 1.82) is 0 Å². The summed E-state index contributed by atoms with van der Waals surface area (Å²) in [6.07, 6.45) is -7.93. The highest BCUT2D eigenvalue weighted by Crippen LogP contribution is 2.46. The van der Waals surface area contributed by atoms with Crippen LogP contribution in [0.2, 0.25) is 0 Å². The van der Waals surface area contributed by atoms with Crippen molar-refractivity contribution in [3.63, 3.8) is 0 Å². The molecule has 4 rings (SSSR count). The van der Waals surface area contributed by atoms with Crippen LogP contribution < -0.4 is 5.32 Å². The molecule has 0 aromatic rings. The molecular weight excluding hydrogens is 586 g/mol. The summed E-state index contributed by atoms with van der Waals surface area (Å²) in [4.78, 5) is 63.0. The van der Waals surface area contributed by atoms with E-state index >= 15 is 0 Å². The number of rotatable bonds is 11. The molecule has 0 aliphatic carbocycles. The number of ether oxygens (including phenoxy) is 8. The van der Waals surface area contributed by atoms with Gasteiger partial charge in [-0.1, -0.05) is 20.8 Å².